The standard InChI is InChI=1S/C14H17NO4S/c1-20(18,19)11-9-15-14(17)13-8-3-2-6-12(13)7-4-5-10-16/h2-3,6,8,16H,5,9-11H2,1H3,(H,15,17). The molecule has 0 bridgehead atoms. The lowest BCUT2D eigenvalue weighted by atomic mass is 10.1. The molecule has 1 rings (SSSR count). The molecule has 0 aliphatic heterocycles. The summed E-state index contributed by atoms with van der Waals surface area (Å²) in [5.41, 5.74) is 0.948. The highest BCUT2D eigenvalue weighted by atomic mass is 32.2. The Morgan fingerprint density at radius 3 is 2.70 bits per heavy atom. The van der Waals surface area contributed by atoms with Gasteiger partial charge in [0.2, 0.25) is 0 Å². The Bertz CT molecular complexity index is 626. The third-order valence-electron chi connectivity index (χ3n) is 2.39. The lowest BCUT2D eigenvalue weighted by Crippen LogP contribution is -2.29. The van der Waals surface area contributed by atoms with E-state index in [1.165, 1.54) is 0 Å². The maximum atomic E-state index is 12.0. The molecule has 1 aromatic rings. The predicted molar refractivity (Wildman–Crippen MR) is 77.1 cm³/mol. The Morgan fingerprint density at radius 2 is 2.05 bits per heavy atom. The van der Waals surface area contributed by atoms with Crippen LogP contribution in [-0.4, -0.2) is 44.6 Å². The van der Waals surface area contributed by atoms with E-state index in [0.717, 1.165) is 6.26 Å². The van der Waals surface area contributed by atoms with Gasteiger partial charge >= 0.3 is 0 Å². The van der Waals surface area contributed by atoms with Gasteiger partial charge in [0.05, 0.1) is 17.9 Å². The number of rotatable bonds is 5. The number of nitrogens with one attached hydrogen (secondary N) is 1. The van der Waals surface area contributed by atoms with Crippen LogP contribution in [0.5, 0.6) is 0 Å². The van der Waals surface area contributed by atoms with Crippen LogP contribution in [0.15, 0.2) is 24.3 Å². The van der Waals surface area contributed by atoms with E-state index in [9.17, 15) is 13.2 Å². The minimum atomic E-state index is -3.10. The van der Waals surface area contributed by atoms with Crippen molar-refractivity contribution in [2.45, 2.75) is 6.42 Å². The number of carbonyl (C=O) groups is 1. The minimum absolute atomic E-state index is 0.0320. The Labute approximate surface area is 118 Å². The molecule has 0 fully saturated rings. The van der Waals surface area contributed by atoms with E-state index >= 15 is 0 Å². The van der Waals surface area contributed by atoms with E-state index in [1.54, 1.807) is 24.3 Å². The molecule has 1 aromatic carbocycles. The van der Waals surface area contributed by atoms with Gasteiger partial charge in [-0.2, -0.15) is 0 Å². The van der Waals surface area contributed by atoms with Crippen LogP contribution in [0, 0.1) is 11.8 Å². The first-order valence-corrected chi connectivity index (χ1v) is 8.15. The average molecular weight is 295 g/mol. The summed E-state index contributed by atoms with van der Waals surface area (Å²) in [5, 5.41) is 11.2. The maximum Gasteiger partial charge on any atom is 0.252 e. The van der Waals surface area contributed by atoms with Gasteiger partial charge in [0.25, 0.3) is 5.91 Å². The van der Waals surface area contributed by atoms with Gasteiger partial charge in [-0.1, -0.05) is 24.0 Å². The number of amides is 1. The lowest BCUT2D eigenvalue weighted by Gasteiger charge is -2.06. The summed E-state index contributed by atoms with van der Waals surface area (Å²) in [6, 6.07) is 6.80. The Morgan fingerprint density at radius 1 is 1.35 bits per heavy atom. The lowest BCUT2D eigenvalue weighted by molar-refractivity contribution is 0.0956. The molecule has 0 radical (unpaired) electrons. The quantitative estimate of drug-likeness (QED) is 0.760. The fourth-order valence-corrected chi connectivity index (χ4v) is 1.92. The van der Waals surface area contributed by atoms with Crippen molar-refractivity contribution in [3.8, 4) is 11.8 Å². The second-order valence-electron chi connectivity index (χ2n) is 4.21. The summed E-state index contributed by atoms with van der Waals surface area (Å²) in [7, 11) is -3.10. The summed E-state index contributed by atoms with van der Waals surface area (Å²) in [6.07, 6.45) is 1.46. The molecule has 2 N–H and O–H groups in total. The number of hydrogen-bond donors (Lipinski definition) is 2. The summed E-state index contributed by atoms with van der Waals surface area (Å²) in [6.45, 7) is 0.0335. The fourth-order valence-electron chi connectivity index (χ4n) is 1.45. The Hall–Kier alpha value is -1.84. The topological polar surface area (TPSA) is 83.5 Å². The van der Waals surface area contributed by atoms with Crippen LogP contribution in [0.25, 0.3) is 0 Å². The molecule has 108 valence electrons. The first kappa shape index (κ1) is 16.2. The molecule has 0 unspecified atom stereocenters. The molecule has 0 aromatic heterocycles. The van der Waals surface area contributed by atoms with Crippen LogP contribution < -0.4 is 5.32 Å². The molecular weight excluding hydrogens is 278 g/mol. The van der Waals surface area contributed by atoms with E-state index in [-0.39, 0.29) is 24.8 Å². The highest BCUT2D eigenvalue weighted by molar-refractivity contribution is 7.90. The molecule has 5 nitrogen and oxygen atoms in total. The van der Waals surface area contributed by atoms with E-state index in [1.807, 2.05) is 0 Å². The van der Waals surface area contributed by atoms with E-state index in [2.05, 4.69) is 17.2 Å². The average Bonchev–Trinajstić information content (AvgIpc) is 2.38. The molecule has 6 heteroatoms. The van der Waals surface area contributed by atoms with Crippen molar-refractivity contribution < 1.29 is 18.3 Å². The smallest absolute Gasteiger partial charge is 0.252 e. The zero-order chi connectivity index (χ0) is 15.0. The SMILES string of the molecule is CS(=O)(=O)CCNC(=O)c1ccccc1C#CCCO. The fraction of sp³-hybridized carbons (Fsp3) is 0.357. The van der Waals surface area contributed by atoms with Crippen molar-refractivity contribution >= 4 is 15.7 Å². The monoisotopic (exact) mass is 295 g/mol. The molecule has 0 spiro atoms. The van der Waals surface area contributed by atoms with E-state index in [0.29, 0.717) is 17.5 Å². The molecule has 1 amide bonds. The van der Waals surface area contributed by atoms with Crippen molar-refractivity contribution in [1.29, 1.82) is 0 Å². The predicted octanol–water partition coefficient (Wildman–Crippen LogP) is 0.195. The highest BCUT2D eigenvalue weighted by Gasteiger charge is 2.10. The highest BCUT2D eigenvalue weighted by Crippen LogP contribution is 2.07. The molecule has 0 heterocycles. The van der Waals surface area contributed by atoms with Crippen LogP contribution >= 0.6 is 0 Å². The number of aliphatic hydroxyl groups is 1. The van der Waals surface area contributed by atoms with Gasteiger partial charge < -0.3 is 10.4 Å². The van der Waals surface area contributed by atoms with Gasteiger partial charge in [0.15, 0.2) is 0 Å². The molecule has 0 aliphatic carbocycles. The largest absolute Gasteiger partial charge is 0.395 e. The van der Waals surface area contributed by atoms with Crippen LogP contribution in [0.1, 0.15) is 22.3 Å². The van der Waals surface area contributed by atoms with Crippen molar-refractivity contribution in [2.24, 2.45) is 0 Å². The molecule has 0 saturated heterocycles. The zero-order valence-corrected chi connectivity index (χ0v) is 12.0. The van der Waals surface area contributed by atoms with Gasteiger partial charge in [-0.15, -0.1) is 0 Å². The normalized spacial score (nSPS) is 10.5. The summed E-state index contributed by atoms with van der Waals surface area (Å²) >= 11 is 0. The van der Waals surface area contributed by atoms with Gasteiger partial charge in [-0.3, -0.25) is 4.79 Å². The molecular formula is C14H17NO4S. The van der Waals surface area contributed by atoms with Crippen molar-refractivity contribution in [3.63, 3.8) is 0 Å². The summed E-state index contributed by atoms with van der Waals surface area (Å²) in [5.74, 6) is 5.10. The first-order chi connectivity index (χ1) is 9.44. The van der Waals surface area contributed by atoms with E-state index < -0.39 is 9.84 Å². The number of hydrogen-bond acceptors (Lipinski definition) is 4. The van der Waals surface area contributed by atoms with Gasteiger partial charge in [0, 0.05) is 24.8 Å². The Balaban J connectivity index is 2.76. The molecule has 20 heavy (non-hydrogen) atoms. The first-order valence-electron chi connectivity index (χ1n) is 6.09. The Kier molecular flexibility index (Phi) is 6.22. The molecule has 0 atom stereocenters. The second-order valence-corrected chi connectivity index (χ2v) is 6.47. The maximum absolute atomic E-state index is 12.0. The third-order valence-corrected chi connectivity index (χ3v) is 3.34. The van der Waals surface area contributed by atoms with Gasteiger partial charge in [-0.25, -0.2) is 8.42 Å². The van der Waals surface area contributed by atoms with Crippen LogP contribution in [0.3, 0.4) is 0 Å². The van der Waals surface area contributed by atoms with Crippen LogP contribution in [-0.2, 0) is 9.84 Å². The number of carbonyl (C=O) groups excluding carboxylic acids is 1. The number of sulfone groups is 1. The van der Waals surface area contributed by atoms with Crippen LogP contribution in [0.4, 0.5) is 0 Å². The zero-order valence-electron chi connectivity index (χ0n) is 11.2. The molecule has 0 aliphatic rings. The minimum Gasteiger partial charge on any atom is -0.395 e. The van der Waals surface area contributed by atoms with Gasteiger partial charge in [-0.05, 0) is 12.1 Å². The van der Waals surface area contributed by atoms with Crippen molar-refractivity contribution in [3.05, 3.63) is 35.4 Å². The summed E-state index contributed by atoms with van der Waals surface area (Å²) < 4.78 is 22.0. The van der Waals surface area contributed by atoms with Crippen LogP contribution in [0.2, 0.25) is 0 Å². The number of aliphatic hydroxyl groups excluding tert-OH is 1. The van der Waals surface area contributed by atoms with Gasteiger partial charge in [0.1, 0.15) is 9.84 Å². The van der Waals surface area contributed by atoms with Crippen molar-refractivity contribution in [1.82, 2.24) is 5.32 Å². The van der Waals surface area contributed by atoms with E-state index in [4.69, 9.17) is 5.11 Å². The molecule has 0 saturated carbocycles. The third kappa shape index (κ3) is 5.87. The number of benzene rings is 1. The second kappa shape index (κ2) is 7.68. The summed E-state index contributed by atoms with van der Waals surface area (Å²) in [4.78, 5) is 12.0. The van der Waals surface area contributed by atoms with Crippen molar-refractivity contribution in [2.75, 3.05) is 25.2 Å².